The van der Waals surface area contributed by atoms with Crippen molar-refractivity contribution in [1.82, 2.24) is 4.90 Å². The van der Waals surface area contributed by atoms with E-state index in [0.29, 0.717) is 12.2 Å². The van der Waals surface area contributed by atoms with E-state index in [1.807, 2.05) is 0 Å². The van der Waals surface area contributed by atoms with Crippen LogP contribution in [0.2, 0.25) is 0 Å². The fraction of sp³-hybridized carbons (Fsp3) is 0.182. The topological polar surface area (TPSA) is 60.5 Å². The van der Waals surface area contributed by atoms with Crippen molar-refractivity contribution in [2.45, 2.75) is 0 Å². The van der Waals surface area contributed by atoms with Crippen LogP contribution in [-0.4, -0.2) is 34.2 Å². The minimum atomic E-state index is -0.0443. The van der Waals surface area contributed by atoms with Crippen molar-refractivity contribution in [1.29, 1.82) is 0 Å². The first-order valence-corrected chi connectivity index (χ1v) is 4.66. The molecule has 15 heavy (non-hydrogen) atoms. The van der Waals surface area contributed by atoms with Crippen LogP contribution < -0.4 is 0 Å². The maximum atomic E-state index is 11.2. The Morgan fingerprint density at radius 1 is 1.27 bits per heavy atom. The molecule has 1 aromatic carbocycles. The van der Waals surface area contributed by atoms with Gasteiger partial charge in [-0.05, 0) is 23.8 Å². The number of aromatic hydroxyl groups is 1. The lowest BCUT2D eigenvalue weighted by molar-refractivity contribution is -0.113. The van der Waals surface area contributed by atoms with E-state index in [9.17, 15) is 4.79 Å². The van der Waals surface area contributed by atoms with Crippen molar-refractivity contribution in [3.8, 4) is 5.75 Å². The van der Waals surface area contributed by atoms with E-state index in [0.717, 1.165) is 5.56 Å². The van der Waals surface area contributed by atoms with Crippen LogP contribution in [0.25, 0.3) is 6.08 Å². The number of hydrogen-bond donors (Lipinski definition) is 2. The minimum absolute atomic E-state index is 0.0291. The molecular formula is C11H11NO3. The van der Waals surface area contributed by atoms with Crippen molar-refractivity contribution in [3.63, 3.8) is 0 Å². The van der Waals surface area contributed by atoms with Gasteiger partial charge in [-0.3, -0.25) is 9.69 Å². The van der Waals surface area contributed by atoms with E-state index in [2.05, 4.69) is 0 Å². The van der Waals surface area contributed by atoms with Crippen LogP contribution in [0, 0.1) is 0 Å². The maximum Gasteiger partial charge on any atom is 0.275 e. The number of phenolic OH excluding ortho intramolecular Hbond substituents is 1. The molecule has 1 heterocycles. The summed E-state index contributed by atoms with van der Waals surface area (Å²) in [6.45, 7) is 0.321. The second-order valence-corrected chi connectivity index (χ2v) is 3.30. The summed E-state index contributed by atoms with van der Waals surface area (Å²) in [5.41, 5.74) is 1.46. The third-order valence-corrected chi connectivity index (χ3v) is 2.23. The van der Waals surface area contributed by atoms with Crippen LogP contribution >= 0.6 is 0 Å². The number of hydrogen-bond acceptors (Lipinski definition) is 3. The third-order valence-electron chi connectivity index (χ3n) is 2.23. The number of carbonyl (C=O) groups is 1. The molecule has 2 N–H and O–H groups in total. The molecule has 0 saturated carbocycles. The van der Waals surface area contributed by atoms with E-state index in [1.165, 1.54) is 4.90 Å². The molecular weight excluding hydrogens is 194 g/mol. The van der Waals surface area contributed by atoms with Gasteiger partial charge in [0.1, 0.15) is 11.4 Å². The van der Waals surface area contributed by atoms with Crippen molar-refractivity contribution in [2.75, 3.05) is 13.2 Å². The molecule has 0 aromatic heterocycles. The normalized spacial score (nSPS) is 17.3. The molecule has 0 unspecified atom stereocenters. The van der Waals surface area contributed by atoms with Crippen LogP contribution in [0.1, 0.15) is 5.56 Å². The SMILES string of the molecule is O=C1C(=Cc2ccc(O)cc2)N1CCO. The van der Waals surface area contributed by atoms with Crippen LogP contribution in [0.4, 0.5) is 0 Å². The Balaban J connectivity index is 2.12. The molecule has 1 fully saturated rings. The van der Waals surface area contributed by atoms with Crippen LogP contribution in [0.5, 0.6) is 5.75 Å². The third kappa shape index (κ3) is 1.99. The quantitative estimate of drug-likeness (QED) is 0.560. The molecule has 1 amide bonds. The van der Waals surface area contributed by atoms with Crippen LogP contribution in [0.3, 0.4) is 0 Å². The molecule has 0 atom stereocenters. The van der Waals surface area contributed by atoms with Gasteiger partial charge >= 0.3 is 0 Å². The molecule has 2 rings (SSSR count). The molecule has 4 heteroatoms. The van der Waals surface area contributed by atoms with Crippen molar-refractivity contribution >= 4 is 12.0 Å². The highest BCUT2D eigenvalue weighted by molar-refractivity contribution is 6.13. The molecule has 1 aromatic rings. The summed E-state index contributed by atoms with van der Waals surface area (Å²) >= 11 is 0. The van der Waals surface area contributed by atoms with Gasteiger partial charge in [-0.2, -0.15) is 0 Å². The summed E-state index contributed by atoms with van der Waals surface area (Å²) in [5.74, 6) is 0.156. The van der Waals surface area contributed by atoms with E-state index >= 15 is 0 Å². The van der Waals surface area contributed by atoms with Gasteiger partial charge in [0.05, 0.1) is 6.61 Å². The second-order valence-electron chi connectivity index (χ2n) is 3.30. The Labute approximate surface area is 87.1 Å². The predicted octanol–water partition coefficient (Wildman–Crippen LogP) is 0.568. The molecule has 1 aliphatic heterocycles. The summed E-state index contributed by atoms with van der Waals surface area (Å²) in [7, 11) is 0. The lowest BCUT2D eigenvalue weighted by Gasteiger charge is -1.94. The predicted molar refractivity (Wildman–Crippen MR) is 54.9 cm³/mol. The summed E-state index contributed by atoms with van der Waals surface area (Å²) in [4.78, 5) is 12.7. The van der Waals surface area contributed by atoms with Gasteiger partial charge in [0.15, 0.2) is 0 Å². The molecule has 0 bridgehead atoms. The maximum absolute atomic E-state index is 11.2. The Morgan fingerprint density at radius 3 is 2.53 bits per heavy atom. The average molecular weight is 205 g/mol. The molecule has 4 nitrogen and oxygen atoms in total. The molecule has 78 valence electrons. The minimum Gasteiger partial charge on any atom is -0.508 e. The fourth-order valence-corrected chi connectivity index (χ4v) is 1.38. The zero-order valence-corrected chi connectivity index (χ0v) is 8.05. The van der Waals surface area contributed by atoms with E-state index in [4.69, 9.17) is 10.2 Å². The number of β-amino-alcohol motifs (C(OH)–C–C–N with tert-alkyl or cyclic N) is 1. The van der Waals surface area contributed by atoms with Crippen LogP contribution in [-0.2, 0) is 4.79 Å². The Morgan fingerprint density at radius 2 is 1.93 bits per heavy atom. The van der Waals surface area contributed by atoms with Gasteiger partial charge in [-0.1, -0.05) is 12.1 Å². The first-order chi connectivity index (χ1) is 7.22. The first-order valence-electron chi connectivity index (χ1n) is 4.66. The highest BCUT2D eigenvalue weighted by atomic mass is 16.3. The zero-order valence-electron chi connectivity index (χ0n) is 8.05. The Kier molecular flexibility index (Phi) is 2.43. The van der Waals surface area contributed by atoms with E-state index < -0.39 is 0 Å². The molecule has 0 aliphatic carbocycles. The Bertz CT molecular complexity index is 408. The summed E-state index contributed by atoms with van der Waals surface area (Å²) in [6.07, 6.45) is 1.73. The fourth-order valence-electron chi connectivity index (χ4n) is 1.38. The largest absolute Gasteiger partial charge is 0.508 e. The van der Waals surface area contributed by atoms with Crippen molar-refractivity contribution in [3.05, 3.63) is 35.5 Å². The number of benzene rings is 1. The Hall–Kier alpha value is -1.81. The molecule has 1 saturated heterocycles. The number of aliphatic hydroxyl groups excluding tert-OH is 1. The highest BCUT2D eigenvalue weighted by Gasteiger charge is 2.37. The van der Waals surface area contributed by atoms with Gasteiger partial charge in [0.2, 0.25) is 0 Å². The number of amides is 1. The van der Waals surface area contributed by atoms with Gasteiger partial charge in [0, 0.05) is 6.54 Å². The number of phenols is 1. The lowest BCUT2D eigenvalue weighted by atomic mass is 10.2. The summed E-state index contributed by atoms with van der Waals surface area (Å²) in [5, 5.41) is 17.7. The standard InChI is InChI=1S/C11H11NO3/c13-6-5-12-10(11(12)15)7-8-1-3-9(14)4-2-8/h1-4,7,13-14H,5-6H2. The van der Waals surface area contributed by atoms with E-state index in [1.54, 1.807) is 30.3 Å². The van der Waals surface area contributed by atoms with Gasteiger partial charge in [0.25, 0.3) is 5.91 Å². The summed E-state index contributed by atoms with van der Waals surface area (Å²) in [6, 6.07) is 6.58. The van der Waals surface area contributed by atoms with Gasteiger partial charge in [-0.25, -0.2) is 0 Å². The first kappa shape index (κ1) is 9.73. The highest BCUT2D eigenvalue weighted by Crippen LogP contribution is 2.26. The second kappa shape index (κ2) is 3.74. The number of carbonyl (C=O) groups excluding carboxylic acids is 1. The number of nitrogens with zero attached hydrogens (tertiary/aromatic N) is 1. The lowest BCUT2D eigenvalue weighted by Crippen LogP contribution is -2.04. The van der Waals surface area contributed by atoms with Crippen molar-refractivity contribution in [2.24, 2.45) is 0 Å². The zero-order chi connectivity index (χ0) is 10.8. The number of aliphatic hydroxyl groups is 1. The van der Waals surface area contributed by atoms with E-state index in [-0.39, 0.29) is 18.3 Å². The molecule has 0 radical (unpaired) electrons. The monoisotopic (exact) mass is 205 g/mol. The molecule has 0 spiro atoms. The van der Waals surface area contributed by atoms with Crippen LogP contribution in [0.15, 0.2) is 30.0 Å². The smallest absolute Gasteiger partial charge is 0.275 e. The van der Waals surface area contributed by atoms with Gasteiger partial charge in [-0.15, -0.1) is 0 Å². The number of rotatable bonds is 3. The van der Waals surface area contributed by atoms with Gasteiger partial charge < -0.3 is 10.2 Å². The average Bonchev–Trinajstić information content (AvgIpc) is 2.82. The molecule has 1 aliphatic rings. The van der Waals surface area contributed by atoms with Crippen molar-refractivity contribution < 1.29 is 15.0 Å². The summed E-state index contributed by atoms with van der Waals surface area (Å²) < 4.78 is 0.